The first kappa shape index (κ1) is 21.5. The molecule has 8 heteroatoms. The van der Waals surface area contributed by atoms with Crippen molar-refractivity contribution in [2.45, 2.75) is 32.2 Å². The van der Waals surface area contributed by atoms with E-state index in [4.69, 9.17) is 10.00 Å². The molecule has 1 aromatic heterocycles. The van der Waals surface area contributed by atoms with Crippen molar-refractivity contribution in [3.8, 4) is 17.3 Å². The predicted molar refractivity (Wildman–Crippen MR) is 117 cm³/mol. The second kappa shape index (κ2) is 10.0. The van der Waals surface area contributed by atoms with E-state index in [-0.39, 0.29) is 24.3 Å². The minimum Gasteiger partial charge on any atom is -0.371 e. The summed E-state index contributed by atoms with van der Waals surface area (Å²) in [6.07, 6.45) is 4.02. The first-order valence-corrected chi connectivity index (χ1v) is 11.6. The fraction of sp³-hybridized carbons (Fsp3) is 0.478. The molecule has 2 fully saturated rings. The van der Waals surface area contributed by atoms with Gasteiger partial charge in [0.15, 0.2) is 0 Å². The summed E-state index contributed by atoms with van der Waals surface area (Å²) in [6, 6.07) is 9.38. The number of nitriles is 1. The van der Waals surface area contributed by atoms with Crippen molar-refractivity contribution in [3.63, 3.8) is 0 Å². The molecule has 2 heterocycles. The van der Waals surface area contributed by atoms with Crippen molar-refractivity contribution in [2.24, 2.45) is 11.8 Å². The number of hydrogen-bond donors (Lipinski definition) is 1. The topological polar surface area (TPSA) is 95.3 Å². The second-order valence-corrected chi connectivity index (χ2v) is 9.11. The van der Waals surface area contributed by atoms with Crippen LogP contribution in [-0.4, -0.2) is 48.0 Å². The highest BCUT2D eigenvalue weighted by atomic mass is 32.1. The van der Waals surface area contributed by atoms with Crippen molar-refractivity contribution in [3.05, 3.63) is 40.2 Å². The lowest BCUT2D eigenvalue weighted by Crippen LogP contribution is -2.46. The average molecular weight is 439 g/mol. The van der Waals surface area contributed by atoms with Crippen LogP contribution < -0.4 is 5.32 Å². The molecular weight excluding hydrogens is 412 g/mol. The van der Waals surface area contributed by atoms with Gasteiger partial charge < -0.3 is 15.0 Å². The van der Waals surface area contributed by atoms with Crippen molar-refractivity contribution >= 4 is 23.2 Å². The molecule has 7 nitrogen and oxygen atoms in total. The second-order valence-electron chi connectivity index (χ2n) is 8.17. The third-order valence-electron chi connectivity index (χ3n) is 5.70. The molecule has 2 aromatic rings. The number of carbonyl (C=O) groups is 2. The normalized spacial score (nSPS) is 18.4. The van der Waals surface area contributed by atoms with Gasteiger partial charge in [-0.25, -0.2) is 4.98 Å². The van der Waals surface area contributed by atoms with Crippen LogP contribution in [0.15, 0.2) is 29.6 Å². The van der Waals surface area contributed by atoms with Crippen LogP contribution in [0.2, 0.25) is 0 Å². The minimum absolute atomic E-state index is 0.0230. The van der Waals surface area contributed by atoms with Crippen LogP contribution >= 0.6 is 11.3 Å². The number of ether oxygens (including phenoxy) is 1. The number of hydrogen-bond acceptors (Lipinski definition) is 6. The number of aromatic nitrogens is 1. The van der Waals surface area contributed by atoms with E-state index in [1.807, 2.05) is 17.5 Å². The van der Waals surface area contributed by atoms with Crippen LogP contribution in [0.25, 0.3) is 11.3 Å². The van der Waals surface area contributed by atoms with E-state index in [9.17, 15) is 9.59 Å². The monoisotopic (exact) mass is 438 g/mol. The van der Waals surface area contributed by atoms with Gasteiger partial charge in [-0.3, -0.25) is 9.59 Å². The highest BCUT2D eigenvalue weighted by Crippen LogP contribution is 2.28. The van der Waals surface area contributed by atoms with Crippen molar-refractivity contribution in [1.29, 1.82) is 5.26 Å². The van der Waals surface area contributed by atoms with Crippen LogP contribution in [0.1, 0.15) is 36.3 Å². The maximum atomic E-state index is 12.7. The third kappa shape index (κ3) is 5.90. The van der Waals surface area contributed by atoms with Crippen molar-refractivity contribution in [1.82, 2.24) is 15.2 Å². The maximum Gasteiger partial charge on any atom is 0.248 e. The van der Waals surface area contributed by atoms with Gasteiger partial charge in [0.1, 0.15) is 11.6 Å². The smallest absolute Gasteiger partial charge is 0.248 e. The summed E-state index contributed by atoms with van der Waals surface area (Å²) in [5.41, 5.74) is 2.39. The Labute approximate surface area is 186 Å². The van der Waals surface area contributed by atoms with Crippen LogP contribution in [0.4, 0.5) is 0 Å². The van der Waals surface area contributed by atoms with E-state index in [0.717, 1.165) is 29.1 Å². The van der Waals surface area contributed by atoms with Gasteiger partial charge in [0.25, 0.3) is 0 Å². The zero-order valence-corrected chi connectivity index (χ0v) is 18.2. The van der Waals surface area contributed by atoms with E-state index < -0.39 is 0 Å². The number of thiazole rings is 1. The molecule has 1 saturated heterocycles. The first-order chi connectivity index (χ1) is 15.1. The van der Waals surface area contributed by atoms with Gasteiger partial charge in [-0.05, 0) is 43.7 Å². The molecule has 0 spiro atoms. The van der Waals surface area contributed by atoms with Gasteiger partial charge in [-0.15, -0.1) is 11.3 Å². The zero-order valence-electron chi connectivity index (χ0n) is 17.4. The summed E-state index contributed by atoms with van der Waals surface area (Å²) in [7, 11) is 0. The minimum atomic E-state index is -0.195. The summed E-state index contributed by atoms with van der Waals surface area (Å²) >= 11 is 1.49. The van der Waals surface area contributed by atoms with Gasteiger partial charge in [0, 0.05) is 24.0 Å². The average Bonchev–Trinajstić information content (AvgIpc) is 3.51. The van der Waals surface area contributed by atoms with Crippen molar-refractivity contribution < 1.29 is 14.3 Å². The number of piperidine rings is 1. The zero-order chi connectivity index (χ0) is 21.6. The molecule has 2 aliphatic rings. The van der Waals surface area contributed by atoms with Crippen LogP contribution in [0.5, 0.6) is 0 Å². The number of nitrogens with zero attached hydrogens (tertiary/aromatic N) is 3. The maximum absolute atomic E-state index is 12.7. The van der Waals surface area contributed by atoms with Gasteiger partial charge in [0.2, 0.25) is 11.8 Å². The largest absolute Gasteiger partial charge is 0.371 e. The van der Waals surface area contributed by atoms with E-state index >= 15 is 0 Å². The number of benzene rings is 1. The van der Waals surface area contributed by atoms with Gasteiger partial charge in [-0.2, -0.15) is 5.26 Å². The summed E-state index contributed by atoms with van der Waals surface area (Å²) < 4.78 is 5.51. The first-order valence-electron chi connectivity index (χ1n) is 10.7. The predicted octanol–water partition coefficient (Wildman–Crippen LogP) is 2.96. The van der Waals surface area contributed by atoms with Crippen LogP contribution in [-0.2, 0) is 20.9 Å². The van der Waals surface area contributed by atoms with Crippen LogP contribution in [0.3, 0.4) is 0 Å². The molecule has 1 aliphatic carbocycles. The molecular formula is C23H26N4O3S. The molecule has 1 saturated carbocycles. The quantitative estimate of drug-likeness (QED) is 0.684. The Morgan fingerprint density at radius 3 is 2.81 bits per heavy atom. The third-order valence-corrected chi connectivity index (χ3v) is 6.55. The summed E-state index contributed by atoms with van der Waals surface area (Å²) in [4.78, 5) is 31.4. The number of rotatable bonds is 8. The van der Waals surface area contributed by atoms with E-state index in [2.05, 4.69) is 16.4 Å². The summed E-state index contributed by atoms with van der Waals surface area (Å²) in [6.45, 7) is 2.29. The molecule has 0 bridgehead atoms. The van der Waals surface area contributed by atoms with Crippen molar-refractivity contribution in [2.75, 3.05) is 26.3 Å². The Balaban J connectivity index is 1.24. The number of amides is 2. The van der Waals surface area contributed by atoms with Gasteiger partial charge in [-0.1, -0.05) is 12.1 Å². The van der Waals surface area contributed by atoms with Crippen LogP contribution in [0, 0.1) is 23.2 Å². The molecule has 1 atom stereocenters. The molecule has 0 unspecified atom stereocenters. The fourth-order valence-electron chi connectivity index (χ4n) is 3.65. The Morgan fingerprint density at radius 2 is 2.06 bits per heavy atom. The summed E-state index contributed by atoms with van der Waals surface area (Å²) in [5.74, 6) is 0.381. The SMILES string of the molecule is N#Cc1ccc(-c2csc(CNC(=O)[C@H]3CCCN(C(=O)COCC4CC4)C3)n2)cc1. The number of nitrogens with one attached hydrogen (secondary N) is 1. The lowest BCUT2D eigenvalue weighted by Gasteiger charge is -2.32. The number of likely N-dealkylation sites (tertiary alicyclic amines) is 1. The molecule has 1 N–H and O–H groups in total. The Hall–Kier alpha value is -2.76. The van der Waals surface area contributed by atoms with Gasteiger partial charge >= 0.3 is 0 Å². The molecule has 31 heavy (non-hydrogen) atoms. The molecule has 2 amide bonds. The highest BCUT2D eigenvalue weighted by molar-refractivity contribution is 7.09. The standard InChI is InChI=1S/C23H26N4O3S/c24-10-16-5-7-18(8-6-16)20-15-31-21(26-20)11-25-23(29)19-2-1-9-27(12-19)22(28)14-30-13-17-3-4-17/h5-8,15,17,19H,1-4,9,11-14H2,(H,25,29)/t19-/m0/s1. The lowest BCUT2D eigenvalue weighted by molar-refractivity contribution is -0.140. The highest BCUT2D eigenvalue weighted by Gasteiger charge is 2.29. The summed E-state index contributed by atoms with van der Waals surface area (Å²) in [5, 5.41) is 14.7. The molecule has 4 rings (SSSR count). The Morgan fingerprint density at radius 1 is 1.26 bits per heavy atom. The molecule has 0 radical (unpaired) electrons. The van der Waals surface area contributed by atoms with E-state index in [0.29, 0.717) is 37.7 Å². The Kier molecular flexibility index (Phi) is 6.95. The molecule has 1 aliphatic heterocycles. The lowest BCUT2D eigenvalue weighted by atomic mass is 9.97. The molecule has 1 aromatic carbocycles. The van der Waals surface area contributed by atoms with Gasteiger partial charge in [0.05, 0.1) is 36.4 Å². The Bertz CT molecular complexity index is 962. The fourth-order valence-corrected chi connectivity index (χ4v) is 4.40. The van der Waals surface area contributed by atoms with E-state index in [1.54, 1.807) is 17.0 Å². The van der Waals surface area contributed by atoms with E-state index in [1.165, 1.54) is 24.2 Å². The molecule has 162 valence electrons. The number of carbonyl (C=O) groups excluding carboxylic acids is 2.